The minimum absolute atomic E-state index is 0.334. The van der Waals surface area contributed by atoms with Crippen molar-refractivity contribution in [1.82, 2.24) is 0 Å². The molecule has 0 saturated carbocycles. The molecule has 1 unspecified atom stereocenters. The first-order valence-corrected chi connectivity index (χ1v) is 7.58. The predicted molar refractivity (Wildman–Crippen MR) is 80.1 cm³/mol. The fourth-order valence-corrected chi connectivity index (χ4v) is 2.05. The molecule has 4 heteroatoms. The second-order valence-electron chi connectivity index (χ2n) is 7.47. The normalized spacial score (nSPS) is 14.2. The number of rotatable bonds is 9. The summed E-state index contributed by atoms with van der Waals surface area (Å²) < 4.78 is 0. The van der Waals surface area contributed by atoms with Crippen molar-refractivity contribution >= 4 is 5.97 Å². The van der Waals surface area contributed by atoms with Crippen molar-refractivity contribution in [2.24, 2.45) is 5.41 Å². The van der Waals surface area contributed by atoms with E-state index in [0.717, 1.165) is 19.3 Å². The first-order chi connectivity index (χ1) is 9.02. The second-order valence-corrected chi connectivity index (χ2v) is 7.47. The van der Waals surface area contributed by atoms with Gasteiger partial charge in [0.25, 0.3) is 0 Å². The van der Waals surface area contributed by atoms with Crippen LogP contribution in [-0.2, 0) is 14.6 Å². The van der Waals surface area contributed by atoms with Crippen LogP contribution >= 0.6 is 0 Å². The average Bonchev–Trinajstić information content (AvgIpc) is 2.22. The molecule has 0 aliphatic rings. The lowest BCUT2D eigenvalue weighted by Crippen LogP contribution is -2.30. The van der Waals surface area contributed by atoms with E-state index in [2.05, 4.69) is 20.8 Å². The minimum atomic E-state index is -0.657. The average molecular weight is 288 g/mol. The van der Waals surface area contributed by atoms with Gasteiger partial charge in [0.2, 0.25) is 0 Å². The third-order valence-corrected chi connectivity index (χ3v) is 2.95. The van der Waals surface area contributed by atoms with E-state index in [1.54, 1.807) is 20.8 Å². The Morgan fingerprint density at radius 2 is 1.70 bits per heavy atom. The van der Waals surface area contributed by atoms with Gasteiger partial charge in [0.1, 0.15) is 5.60 Å². The zero-order valence-corrected chi connectivity index (χ0v) is 14.0. The molecule has 0 bridgehead atoms. The van der Waals surface area contributed by atoms with E-state index in [1.165, 1.54) is 6.42 Å². The third kappa shape index (κ3) is 12.4. The zero-order valence-electron chi connectivity index (χ0n) is 14.0. The number of hydrogen-bond donors (Lipinski definition) is 1. The largest absolute Gasteiger partial charge is 0.393 e. The van der Waals surface area contributed by atoms with Crippen molar-refractivity contribution in [3.63, 3.8) is 0 Å². The van der Waals surface area contributed by atoms with Crippen LogP contribution in [0, 0.1) is 5.41 Å². The standard InChI is InChI=1S/C16H32O4/c1-13(17)12-16(5,6)20-19-14(18)10-8-7-9-11-15(2,3)4/h13,17H,7-12H2,1-6H3. The number of carbonyl (C=O) groups is 1. The Hall–Kier alpha value is -0.610. The summed E-state index contributed by atoms with van der Waals surface area (Å²) in [5.74, 6) is -0.334. The maximum Gasteiger partial charge on any atom is 0.342 e. The lowest BCUT2D eigenvalue weighted by atomic mass is 9.89. The number of unbranched alkanes of at least 4 members (excludes halogenated alkanes) is 2. The molecule has 0 fully saturated rings. The third-order valence-electron chi connectivity index (χ3n) is 2.95. The lowest BCUT2D eigenvalue weighted by Gasteiger charge is -2.23. The van der Waals surface area contributed by atoms with Crippen LogP contribution in [0.15, 0.2) is 0 Å². The maximum atomic E-state index is 11.5. The highest BCUT2D eigenvalue weighted by atomic mass is 17.2. The van der Waals surface area contributed by atoms with Crippen LogP contribution in [0.3, 0.4) is 0 Å². The SMILES string of the molecule is CC(O)CC(C)(C)OOC(=O)CCCCCC(C)(C)C. The molecule has 0 aromatic rings. The van der Waals surface area contributed by atoms with Crippen LogP contribution in [-0.4, -0.2) is 22.8 Å². The molecule has 0 radical (unpaired) electrons. The Balaban J connectivity index is 3.69. The summed E-state index contributed by atoms with van der Waals surface area (Å²) in [7, 11) is 0. The maximum absolute atomic E-state index is 11.5. The van der Waals surface area contributed by atoms with Crippen LogP contribution in [0.2, 0.25) is 0 Å². The molecule has 0 aromatic heterocycles. The van der Waals surface area contributed by atoms with E-state index in [9.17, 15) is 9.90 Å². The van der Waals surface area contributed by atoms with Gasteiger partial charge in [0, 0.05) is 12.8 Å². The Bertz CT molecular complexity index is 277. The highest BCUT2D eigenvalue weighted by molar-refractivity contribution is 5.68. The molecule has 1 N–H and O–H groups in total. The van der Waals surface area contributed by atoms with Crippen LogP contribution in [0.5, 0.6) is 0 Å². The zero-order chi connectivity index (χ0) is 15.8. The predicted octanol–water partition coefficient (Wildman–Crippen LogP) is 4.01. The Morgan fingerprint density at radius 3 is 2.20 bits per heavy atom. The van der Waals surface area contributed by atoms with Gasteiger partial charge < -0.3 is 5.11 Å². The summed E-state index contributed by atoms with van der Waals surface area (Å²) in [6.45, 7) is 11.9. The summed E-state index contributed by atoms with van der Waals surface area (Å²) in [4.78, 5) is 21.4. The van der Waals surface area contributed by atoms with Gasteiger partial charge in [0.05, 0.1) is 6.10 Å². The molecule has 0 saturated heterocycles. The number of carbonyl (C=O) groups excluding carboxylic acids is 1. The van der Waals surface area contributed by atoms with Gasteiger partial charge >= 0.3 is 5.97 Å². The molecule has 120 valence electrons. The number of aliphatic hydroxyl groups excluding tert-OH is 1. The fraction of sp³-hybridized carbons (Fsp3) is 0.938. The summed E-state index contributed by atoms with van der Waals surface area (Å²) in [6.07, 6.45) is 4.48. The quantitative estimate of drug-likeness (QED) is 0.396. The molecule has 0 rings (SSSR count). The molecule has 0 aliphatic carbocycles. The minimum Gasteiger partial charge on any atom is -0.393 e. The van der Waals surface area contributed by atoms with Gasteiger partial charge in [-0.05, 0) is 39.0 Å². The van der Waals surface area contributed by atoms with Crippen molar-refractivity contribution in [2.45, 2.75) is 91.8 Å². The molecular formula is C16H32O4. The Labute approximate surface area is 123 Å². The van der Waals surface area contributed by atoms with Crippen molar-refractivity contribution < 1.29 is 19.7 Å². The van der Waals surface area contributed by atoms with E-state index >= 15 is 0 Å². The van der Waals surface area contributed by atoms with Gasteiger partial charge in [-0.2, -0.15) is 4.89 Å². The topological polar surface area (TPSA) is 55.8 Å². The first-order valence-electron chi connectivity index (χ1n) is 7.58. The Morgan fingerprint density at radius 1 is 1.10 bits per heavy atom. The summed E-state index contributed by atoms with van der Waals surface area (Å²) in [5.41, 5.74) is -0.301. The van der Waals surface area contributed by atoms with Gasteiger partial charge in [0.15, 0.2) is 0 Å². The lowest BCUT2D eigenvalue weighted by molar-refractivity contribution is -0.328. The van der Waals surface area contributed by atoms with Crippen molar-refractivity contribution in [2.75, 3.05) is 0 Å². The summed E-state index contributed by atoms with van der Waals surface area (Å²) in [6, 6.07) is 0. The summed E-state index contributed by atoms with van der Waals surface area (Å²) in [5, 5.41) is 9.30. The molecule has 0 aromatic carbocycles. The fourth-order valence-electron chi connectivity index (χ4n) is 2.05. The Kier molecular flexibility index (Phi) is 8.36. The van der Waals surface area contributed by atoms with Crippen molar-refractivity contribution in [1.29, 1.82) is 0 Å². The van der Waals surface area contributed by atoms with Crippen LogP contribution in [0.1, 0.15) is 80.1 Å². The van der Waals surface area contributed by atoms with E-state index in [4.69, 9.17) is 9.78 Å². The van der Waals surface area contributed by atoms with Gasteiger partial charge in [-0.25, -0.2) is 4.79 Å². The number of aliphatic hydroxyl groups is 1. The van der Waals surface area contributed by atoms with Gasteiger partial charge in [-0.3, -0.25) is 4.89 Å². The molecular weight excluding hydrogens is 256 g/mol. The van der Waals surface area contributed by atoms with E-state index in [0.29, 0.717) is 18.3 Å². The second kappa shape index (κ2) is 8.63. The van der Waals surface area contributed by atoms with E-state index < -0.39 is 11.7 Å². The highest BCUT2D eigenvalue weighted by Crippen LogP contribution is 2.22. The monoisotopic (exact) mass is 288 g/mol. The molecule has 0 heterocycles. The van der Waals surface area contributed by atoms with Crippen molar-refractivity contribution in [3.05, 3.63) is 0 Å². The van der Waals surface area contributed by atoms with Crippen LogP contribution in [0.4, 0.5) is 0 Å². The molecule has 1 atom stereocenters. The highest BCUT2D eigenvalue weighted by Gasteiger charge is 2.24. The molecule has 20 heavy (non-hydrogen) atoms. The first kappa shape index (κ1) is 19.4. The number of hydrogen-bond acceptors (Lipinski definition) is 4. The summed E-state index contributed by atoms with van der Waals surface area (Å²) >= 11 is 0. The molecule has 0 aliphatic heterocycles. The smallest absolute Gasteiger partial charge is 0.342 e. The van der Waals surface area contributed by atoms with Crippen molar-refractivity contribution in [3.8, 4) is 0 Å². The van der Waals surface area contributed by atoms with Gasteiger partial charge in [-0.15, -0.1) is 0 Å². The molecule has 0 amide bonds. The van der Waals surface area contributed by atoms with E-state index in [-0.39, 0.29) is 5.97 Å². The molecule has 0 spiro atoms. The van der Waals surface area contributed by atoms with Crippen LogP contribution in [0.25, 0.3) is 0 Å². The molecule has 4 nitrogen and oxygen atoms in total. The van der Waals surface area contributed by atoms with E-state index in [1.807, 2.05) is 0 Å². The van der Waals surface area contributed by atoms with Crippen LogP contribution < -0.4 is 0 Å². The van der Waals surface area contributed by atoms with Gasteiger partial charge in [-0.1, -0.05) is 33.6 Å².